The van der Waals surface area contributed by atoms with Gasteiger partial charge in [0.15, 0.2) is 0 Å². The molecule has 4 nitrogen and oxygen atoms in total. The van der Waals surface area contributed by atoms with Crippen molar-refractivity contribution in [2.75, 3.05) is 19.7 Å². The summed E-state index contributed by atoms with van der Waals surface area (Å²) < 4.78 is 5.80. The van der Waals surface area contributed by atoms with Crippen LogP contribution in [-0.4, -0.2) is 42.6 Å². The summed E-state index contributed by atoms with van der Waals surface area (Å²) in [7, 11) is 0. The van der Waals surface area contributed by atoms with E-state index in [1.807, 2.05) is 4.90 Å². The van der Waals surface area contributed by atoms with E-state index in [0.717, 1.165) is 64.6 Å². The van der Waals surface area contributed by atoms with E-state index < -0.39 is 0 Å². The molecule has 2 rings (SSSR count). The van der Waals surface area contributed by atoms with Crippen molar-refractivity contribution in [2.24, 2.45) is 11.7 Å². The molecule has 1 unspecified atom stereocenters. The van der Waals surface area contributed by atoms with E-state index in [4.69, 9.17) is 10.5 Å². The second-order valence-corrected chi connectivity index (χ2v) is 6.03. The second kappa shape index (κ2) is 7.25. The van der Waals surface area contributed by atoms with Crippen molar-refractivity contribution in [3.63, 3.8) is 0 Å². The normalized spacial score (nSPS) is 32.3. The molecule has 1 aliphatic heterocycles. The zero-order chi connectivity index (χ0) is 13.7. The largest absolute Gasteiger partial charge is 0.376 e. The number of carbonyl (C=O) groups is 1. The van der Waals surface area contributed by atoms with Gasteiger partial charge >= 0.3 is 0 Å². The van der Waals surface area contributed by atoms with Crippen LogP contribution in [0.25, 0.3) is 0 Å². The van der Waals surface area contributed by atoms with Gasteiger partial charge in [0.25, 0.3) is 0 Å². The molecule has 1 saturated carbocycles. The van der Waals surface area contributed by atoms with Crippen LogP contribution in [0.4, 0.5) is 0 Å². The highest BCUT2D eigenvalue weighted by molar-refractivity contribution is 5.79. The van der Waals surface area contributed by atoms with E-state index >= 15 is 0 Å². The predicted octanol–water partition coefficient (Wildman–Crippen LogP) is 1.92. The van der Waals surface area contributed by atoms with Crippen LogP contribution in [0.5, 0.6) is 0 Å². The van der Waals surface area contributed by atoms with E-state index in [0.29, 0.717) is 11.9 Å². The van der Waals surface area contributed by atoms with Crippen LogP contribution in [0.15, 0.2) is 0 Å². The lowest BCUT2D eigenvalue weighted by Gasteiger charge is -2.36. The van der Waals surface area contributed by atoms with Crippen molar-refractivity contribution < 1.29 is 9.53 Å². The third-order valence-corrected chi connectivity index (χ3v) is 4.37. The number of carbonyl (C=O) groups excluding carboxylic acids is 1. The van der Waals surface area contributed by atoms with Gasteiger partial charge in [-0.25, -0.2) is 0 Å². The van der Waals surface area contributed by atoms with Gasteiger partial charge in [-0.15, -0.1) is 0 Å². The number of hydrogen-bond acceptors (Lipinski definition) is 3. The third-order valence-electron chi connectivity index (χ3n) is 4.37. The molecule has 1 amide bonds. The number of ether oxygens (including phenoxy) is 1. The van der Waals surface area contributed by atoms with E-state index in [1.54, 1.807) is 0 Å². The highest BCUT2D eigenvalue weighted by atomic mass is 16.5. The van der Waals surface area contributed by atoms with Crippen molar-refractivity contribution >= 4 is 5.91 Å². The Kier molecular flexibility index (Phi) is 5.64. The number of piperidine rings is 1. The van der Waals surface area contributed by atoms with Crippen LogP contribution in [0.2, 0.25) is 0 Å². The monoisotopic (exact) mass is 268 g/mol. The summed E-state index contributed by atoms with van der Waals surface area (Å²) >= 11 is 0. The van der Waals surface area contributed by atoms with Gasteiger partial charge in [0.1, 0.15) is 0 Å². The lowest BCUT2D eigenvalue weighted by Crippen LogP contribution is -2.46. The van der Waals surface area contributed by atoms with Gasteiger partial charge in [0.05, 0.1) is 6.10 Å². The first-order valence-electron chi connectivity index (χ1n) is 7.86. The Hall–Kier alpha value is -0.610. The van der Waals surface area contributed by atoms with Crippen molar-refractivity contribution in [2.45, 2.75) is 64.0 Å². The molecular weight excluding hydrogens is 240 g/mol. The van der Waals surface area contributed by atoms with Crippen LogP contribution in [0.3, 0.4) is 0 Å². The molecule has 1 atom stereocenters. The number of hydrogen-bond donors (Lipinski definition) is 1. The smallest absolute Gasteiger partial charge is 0.225 e. The van der Waals surface area contributed by atoms with E-state index in [2.05, 4.69) is 6.92 Å². The number of amides is 1. The molecule has 0 bridgehead atoms. The quantitative estimate of drug-likeness (QED) is 0.847. The summed E-state index contributed by atoms with van der Waals surface area (Å²) in [5.41, 5.74) is 5.91. The molecular formula is C15H28N2O2. The number of nitrogens with two attached hydrogens (primary N) is 1. The van der Waals surface area contributed by atoms with Gasteiger partial charge in [-0.05, 0) is 44.9 Å². The first-order chi connectivity index (χ1) is 9.20. The Balaban J connectivity index is 1.81. The molecule has 2 aliphatic rings. The highest BCUT2D eigenvalue weighted by Crippen LogP contribution is 2.26. The van der Waals surface area contributed by atoms with Crippen molar-refractivity contribution in [3.8, 4) is 0 Å². The minimum absolute atomic E-state index is 0.213. The van der Waals surface area contributed by atoms with Gasteiger partial charge < -0.3 is 15.4 Å². The Bertz CT molecular complexity index is 288. The molecule has 110 valence electrons. The molecule has 0 aromatic carbocycles. The topological polar surface area (TPSA) is 55.6 Å². The fourth-order valence-corrected chi connectivity index (χ4v) is 3.18. The number of nitrogens with zero attached hydrogens (tertiary/aromatic N) is 1. The summed E-state index contributed by atoms with van der Waals surface area (Å²) in [5, 5.41) is 0. The average Bonchev–Trinajstić information content (AvgIpc) is 2.45. The maximum atomic E-state index is 12.5. The molecule has 0 radical (unpaired) electrons. The minimum Gasteiger partial charge on any atom is -0.376 e. The Morgan fingerprint density at radius 3 is 2.68 bits per heavy atom. The van der Waals surface area contributed by atoms with Gasteiger partial charge in [0, 0.05) is 31.7 Å². The number of likely N-dealkylation sites (tertiary alicyclic amines) is 1. The first kappa shape index (κ1) is 14.8. The van der Waals surface area contributed by atoms with Crippen molar-refractivity contribution in [1.29, 1.82) is 0 Å². The first-order valence-corrected chi connectivity index (χ1v) is 7.86. The Morgan fingerprint density at radius 2 is 2.00 bits per heavy atom. The maximum Gasteiger partial charge on any atom is 0.225 e. The average molecular weight is 268 g/mol. The van der Waals surface area contributed by atoms with E-state index in [-0.39, 0.29) is 12.0 Å². The highest BCUT2D eigenvalue weighted by Gasteiger charge is 2.31. The summed E-state index contributed by atoms with van der Waals surface area (Å²) in [4.78, 5) is 14.5. The molecule has 1 heterocycles. The molecule has 4 heteroatoms. The van der Waals surface area contributed by atoms with E-state index in [9.17, 15) is 4.79 Å². The molecule has 0 spiro atoms. The lowest BCUT2D eigenvalue weighted by molar-refractivity contribution is -0.140. The SMILES string of the molecule is CCCOC1CCCN(C(=O)C2CCC(N)CC2)C1. The van der Waals surface area contributed by atoms with Gasteiger partial charge in [0.2, 0.25) is 5.91 Å². The Labute approximate surface area is 116 Å². The lowest BCUT2D eigenvalue weighted by atomic mass is 9.85. The van der Waals surface area contributed by atoms with Gasteiger partial charge in [-0.3, -0.25) is 4.79 Å². The molecule has 19 heavy (non-hydrogen) atoms. The molecule has 1 saturated heterocycles. The van der Waals surface area contributed by atoms with Crippen LogP contribution >= 0.6 is 0 Å². The van der Waals surface area contributed by atoms with Gasteiger partial charge in [-0.2, -0.15) is 0 Å². The Morgan fingerprint density at radius 1 is 1.26 bits per heavy atom. The molecule has 2 N–H and O–H groups in total. The molecule has 1 aliphatic carbocycles. The van der Waals surface area contributed by atoms with Gasteiger partial charge in [-0.1, -0.05) is 6.92 Å². The summed E-state index contributed by atoms with van der Waals surface area (Å²) in [6.45, 7) is 4.64. The standard InChI is InChI=1S/C15H28N2O2/c1-2-10-19-14-4-3-9-17(11-14)15(18)12-5-7-13(16)8-6-12/h12-14H,2-11,16H2,1H3. The van der Waals surface area contributed by atoms with E-state index in [1.165, 1.54) is 0 Å². The van der Waals surface area contributed by atoms with Crippen molar-refractivity contribution in [3.05, 3.63) is 0 Å². The zero-order valence-corrected chi connectivity index (χ0v) is 12.1. The molecule has 0 aromatic rings. The van der Waals surface area contributed by atoms with Crippen LogP contribution in [-0.2, 0) is 9.53 Å². The summed E-state index contributed by atoms with van der Waals surface area (Å²) in [5.74, 6) is 0.557. The molecule has 2 fully saturated rings. The minimum atomic E-state index is 0.213. The third kappa shape index (κ3) is 4.18. The molecule has 0 aromatic heterocycles. The van der Waals surface area contributed by atoms with Crippen LogP contribution < -0.4 is 5.73 Å². The predicted molar refractivity (Wildman–Crippen MR) is 75.8 cm³/mol. The summed E-state index contributed by atoms with van der Waals surface area (Å²) in [6.07, 6.45) is 7.41. The zero-order valence-electron chi connectivity index (χ0n) is 12.1. The number of rotatable bonds is 4. The fourth-order valence-electron chi connectivity index (χ4n) is 3.18. The van der Waals surface area contributed by atoms with Crippen LogP contribution in [0.1, 0.15) is 51.9 Å². The summed E-state index contributed by atoms with van der Waals surface area (Å²) in [6, 6.07) is 0.311. The van der Waals surface area contributed by atoms with Crippen molar-refractivity contribution in [1.82, 2.24) is 4.90 Å². The second-order valence-electron chi connectivity index (χ2n) is 6.03. The van der Waals surface area contributed by atoms with Crippen LogP contribution in [0, 0.1) is 5.92 Å². The fraction of sp³-hybridized carbons (Fsp3) is 0.933. The maximum absolute atomic E-state index is 12.5.